The van der Waals surface area contributed by atoms with Gasteiger partial charge in [-0.1, -0.05) is 25.7 Å². The highest BCUT2D eigenvalue weighted by Crippen LogP contribution is 2.39. The van der Waals surface area contributed by atoms with Crippen molar-refractivity contribution in [2.45, 2.75) is 82.3 Å². The van der Waals surface area contributed by atoms with E-state index in [1.807, 2.05) is 0 Å². The Bertz CT molecular complexity index is 778. The first-order valence-corrected chi connectivity index (χ1v) is 13.9. The van der Waals surface area contributed by atoms with Gasteiger partial charge >= 0.3 is 17.9 Å². The molecule has 10 nitrogen and oxygen atoms in total. The maximum absolute atomic E-state index is 13.0. The van der Waals surface area contributed by atoms with Crippen LogP contribution >= 0.6 is 0 Å². The average Bonchev–Trinajstić information content (AvgIpc) is 3.37. The molecule has 0 amide bonds. The predicted molar refractivity (Wildman–Crippen MR) is 134 cm³/mol. The van der Waals surface area contributed by atoms with Gasteiger partial charge in [-0.2, -0.15) is 0 Å². The van der Waals surface area contributed by atoms with Crippen molar-refractivity contribution in [2.75, 3.05) is 40.0 Å². The molecule has 0 aromatic heterocycles. The van der Waals surface area contributed by atoms with Crippen LogP contribution in [0.25, 0.3) is 0 Å². The van der Waals surface area contributed by atoms with Gasteiger partial charge in [0.2, 0.25) is 0 Å². The smallest absolute Gasteiger partial charge is 0.312 e. The second-order valence-electron chi connectivity index (χ2n) is 10.6. The van der Waals surface area contributed by atoms with Crippen molar-refractivity contribution in [1.29, 1.82) is 0 Å². The maximum atomic E-state index is 13.0. The number of ether oxygens (including phenoxy) is 4. The minimum atomic E-state index is -1.16. The third kappa shape index (κ3) is 7.97. The minimum Gasteiger partial charge on any atom is -0.464 e. The molecule has 3 N–H and O–H groups in total. The first kappa shape index (κ1) is 29.5. The Labute approximate surface area is 219 Å². The molecule has 210 valence electrons. The molecule has 6 atom stereocenters. The lowest BCUT2D eigenvalue weighted by Gasteiger charge is -2.39. The van der Waals surface area contributed by atoms with Gasteiger partial charge in [0.05, 0.1) is 24.4 Å². The van der Waals surface area contributed by atoms with Crippen LogP contribution in [0.5, 0.6) is 0 Å². The predicted octanol–water partition coefficient (Wildman–Crippen LogP) is 1.91. The summed E-state index contributed by atoms with van der Waals surface area (Å²) in [6, 6.07) is 0. The largest absolute Gasteiger partial charge is 0.464 e. The number of nitrogens with two attached hydrogens (primary N) is 1. The molecule has 37 heavy (non-hydrogen) atoms. The van der Waals surface area contributed by atoms with Gasteiger partial charge in [-0.05, 0) is 57.9 Å². The van der Waals surface area contributed by atoms with Crippen LogP contribution in [-0.4, -0.2) is 75.9 Å². The van der Waals surface area contributed by atoms with Gasteiger partial charge in [-0.3, -0.25) is 14.4 Å². The monoisotopic (exact) mass is 524 g/mol. The summed E-state index contributed by atoms with van der Waals surface area (Å²) in [5.41, 5.74) is 4.27. The van der Waals surface area contributed by atoms with Crippen LogP contribution in [0, 0.1) is 23.7 Å². The summed E-state index contributed by atoms with van der Waals surface area (Å²) in [4.78, 5) is 50.3. The van der Waals surface area contributed by atoms with Gasteiger partial charge in [-0.25, -0.2) is 0 Å². The van der Waals surface area contributed by atoms with E-state index in [9.17, 15) is 19.2 Å². The highest BCUT2D eigenvalue weighted by atomic mass is 16.6. The molecule has 3 saturated carbocycles. The van der Waals surface area contributed by atoms with Gasteiger partial charge in [0.1, 0.15) is 24.9 Å². The molecule has 0 radical (unpaired) electrons. The number of hydrogen-bond acceptors (Lipinski definition) is 10. The molecule has 3 fully saturated rings. The van der Waals surface area contributed by atoms with E-state index in [0.29, 0.717) is 51.7 Å². The summed E-state index contributed by atoms with van der Waals surface area (Å²) in [7, 11) is 1.78. The summed E-state index contributed by atoms with van der Waals surface area (Å²) in [5, 5.41) is 2.94. The molecule has 0 heterocycles. The molecule has 0 saturated heterocycles. The van der Waals surface area contributed by atoms with Crippen molar-refractivity contribution < 1.29 is 38.1 Å². The zero-order valence-electron chi connectivity index (χ0n) is 22.1. The molecule has 0 aliphatic heterocycles. The van der Waals surface area contributed by atoms with Crippen molar-refractivity contribution in [3.05, 3.63) is 0 Å². The first-order valence-electron chi connectivity index (χ1n) is 13.9. The average molecular weight is 525 g/mol. The van der Waals surface area contributed by atoms with E-state index in [0.717, 1.165) is 38.4 Å². The molecule has 3 rings (SSSR count). The Hall–Kier alpha value is -2.04. The van der Waals surface area contributed by atoms with Gasteiger partial charge in [-0.15, -0.1) is 0 Å². The van der Waals surface area contributed by atoms with Crippen molar-refractivity contribution in [2.24, 2.45) is 29.4 Å². The second-order valence-corrected chi connectivity index (χ2v) is 10.6. The molecule has 0 aromatic carbocycles. The second kappa shape index (κ2) is 14.8. The number of esters is 3. The number of carbonyl (C=O) groups is 4. The van der Waals surface area contributed by atoms with E-state index in [-0.39, 0.29) is 49.7 Å². The van der Waals surface area contributed by atoms with Crippen molar-refractivity contribution in [3.63, 3.8) is 0 Å². The molecule has 3 aliphatic carbocycles. The Morgan fingerprint density at radius 2 is 1.62 bits per heavy atom. The minimum absolute atomic E-state index is 0.120. The number of rotatable bonds is 13. The van der Waals surface area contributed by atoms with Gasteiger partial charge in [0.15, 0.2) is 6.29 Å². The molecular formula is C27H44N2O8. The number of hydrogen-bond donors (Lipinski definition) is 2. The molecule has 0 aromatic rings. The molecule has 0 spiro atoms. The highest BCUT2D eigenvalue weighted by molar-refractivity contribution is 5.82. The van der Waals surface area contributed by atoms with E-state index < -0.39 is 23.4 Å². The highest BCUT2D eigenvalue weighted by Gasteiger charge is 2.47. The fraction of sp³-hybridized carbons (Fsp3) is 0.852. The van der Waals surface area contributed by atoms with Crippen LogP contribution in [0.3, 0.4) is 0 Å². The molecule has 0 bridgehead atoms. The zero-order valence-corrected chi connectivity index (χ0v) is 22.1. The fourth-order valence-corrected chi connectivity index (χ4v) is 5.96. The standard InChI is InChI=1S/C27H44N2O8/c1-29-13-15-35-26(33)23-8-4-5-11-27(23,18-30)36-17-19-9-10-20(16-19)37-25(32)22-7-3-2-6-21(22)24(31)34-14-12-28/h18-23,29H,2-17,28H2,1H3. The number of carbonyl (C=O) groups excluding carboxylic acids is 4. The Balaban J connectivity index is 1.51. The van der Waals surface area contributed by atoms with Crippen molar-refractivity contribution in [3.8, 4) is 0 Å². The Morgan fingerprint density at radius 1 is 0.919 bits per heavy atom. The normalized spacial score (nSPS) is 31.9. The van der Waals surface area contributed by atoms with Crippen LogP contribution in [0.2, 0.25) is 0 Å². The summed E-state index contributed by atoms with van der Waals surface area (Å²) >= 11 is 0. The van der Waals surface area contributed by atoms with Crippen molar-refractivity contribution >= 4 is 24.2 Å². The molecule has 6 unspecified atom stereocenters. The van der Waals surface area contributed by atoms with Gasteiger partial charge in [0.25, 0.3) is 0 Å². The van der Waals surface area contributed by atoms with Crippen molar-refractivity contribution in [1.82, 2.24) is 5.32 Å². The quantitative estimate of drug-likeness (QED) is 0.159. The van der Waals surface area contributed by atoms with E-state index in [1.165, 1.54) is 0 Å². The summed E-state index contributed by atoms with van der Waals surface area (Å²) < 4.78 is 22.6. The fourth-order valence-electron chi connectivity index (χ4n) is 5.96. The van der Waals surface area contributed by atoms with Crippen LogP contribution in [0.1, 0.15) is 70.6 Å². The first-order chi connectivity index (χ1) is 17.9. The van der Waals surface area contributed by atoms with Crippen LogP contribution in [-0.2, 0) is 38.1 Å². The maximum Gasteiger partial charge on any atom is 0.312 e. The van der Waals surface area contributed by atoms with Gasteiger partial charge in [0, 0.05) is 13.1 Å². The lowest BCUT2D eigenvalue weighted by Crippen LogP contribution is -2.50. The van der Waals surface area contributed by atoms with E-state index in [1.54, 1.807) is 7.05 Å². The third-order valence-corrected chi connectivity index (χ3v) is 8.08. The number of nitrogens with one attached hydrogen (secondary N) is 1. The number of likely N-dealkylation sites (N-methyl/N-ethyl adjacent to an activating group) is 1. The summed E-state index contributed by atoms with van der Waals surface area (Å²) in [6.07, 6.45) is 8.43. The van der Waals surface area contributed by atoms with E-state index in [4.69, 9.17) is 24.7 Å². The third-order valence-electron chi connectivity index (χ3n) is 8.08. The zero-order chi connectivity index (χ0) is 26.7. The molecule has 3 aliphatic rings. The Morgan fingerprint density at radius 3 is 2.32 bits per heavy atom. The molecule has 10 heteroatoms. The molecular weight excluding hydrogens is 480 g/mol. The van der Waals surface area contributed by atoms with E-state index in [2.05, 4.69) is 5.32 Å². The van der Waals surface area contributed by atoms with Gasteiger partial charge < -0.3 is 34.8 Å². The Kier molecular flexibility index (Phi) is 11.8. The topological polar surface area (TPSA) is 143 Å². The summed E-state index contributed by atoms with van der Waals surface area (Å²) in [5.74, 6) is -2.52. The van der Waals surface area contributed by atoms with Crippen LogP contribution in [0.4, 0.5) is 0 Å². The van der Waals surface area contributed by atoms with Crippen LogP contribution < -0.4 is 11.1 Å². The SMILES string of the molecule is CNCCOC(=O)C1CCCCC1(C=O)OCC1CCC(OC(=O)C2CCCCC2C(=O)OCCN)C1. The number of aldehydes is 1. The lowest BCUT2D eigenvalue weighted by molar-refractivity contribution is -0.174. The summed E-state index contributed by atoms with van der Waals surface area (Å²) in [6.45, 7) is 1.53. The van der Waals surface area contributed by atoms with E-state index >= 15 is 0 Å². The lowest BCUT2D eigenvalue weighted by atomic mass is 9.76. The van der Waals surface area contributed by atoms with Crippen LogP contribution in [0.15, 0.2) is 0 Å².